The Bertz CT molecular complexity index is 1670. The molecule has 0 bridgehead atoms. The maximum Gasteiger partial charge on any atom is 0.264 e. The van der Waals surface area contributed by atoms with Crippen LogP contribution in [0, 0.1) is 0 Å². The van der Waals surface area contributed by atoms with Crippen molar-refractivity contribution < 1.29 is 22.7 Å². The van der Waals surface area contributed by atoms with Gasteiger partial charge in [-0.1, -0.05) is 76.1 Å². The van der Waals surface area contributed by atoms with Gasteiger partial charge < -0.3 is 15.0 Å². The highest BCUT2D eigenvalue weighted by Gasteiger charge is 2.34. The number of hydrogen-bond acceptors (Lipinski definition) is 5. The minimum atomic E-state index is -4.25. The van der Waals surface area contributed by atoms with Crippen molar-refractivity contribution in [3.05, 3.63) is 124 Å². The van der Waals surface area contributed by atoms with Crippen LogP contribution in [-0.2, 0) is 32.6 Å². The van der Waals surface area contributed by atoms with Gasteiger partial charge in [0.05, 0.1) is 17.7 Å². The molecule has 1 atom stereocenters. The maximum absolute atomic E-state index is 14.4. The normalized spacial score (nSPS) is 11.8. The number of rotatable bonds is 13. The molecule has 1 N–H and O–H groups in total. The molecule has 4 rings (SSSR count). The largest absolute Gasteiger partial charge is 0.497 e. The summed E-state index contributed by atoms with van der Waals surface area (Å²) in [5.74, 6) is -0.410. The van der Waals surface area contributed by atoms with E-state index in [-0.39, 0.29) is 29.5 Å². The SMILES string of the molecule is CCNC(=O)C(Cc1ccccc1)N(Cc1ccc(Br)cc1)C(=O)CN(c1cccc(Cl)c1)S(=O)(=O)c1ccc(OC)cc1. The number of nitrogens with one attached hydrogen (secondary N) is 1. The van der Waals surface area contributed by atoms with Crippen LogP contribution in [0.1, 0.15) is 18.1 Å². The number of nitrogens with zero attached hydrogens (tertiary/aromatic N) is 2. The first-order valence-electron chi connectivity index (χ1n) is 13.9. The molecule has 4 aromatic rings. The minimum absolute atomic E-state index is 0.0323. The predicted molar refractivity (Wildman–Crippen MR) is 176 cm³/mol. The van der Waals surface area contributed by atoms with Crippen molar-refractivity contribution in [2.75, 3.05) is 24.5 Å². The van der Waals surface area contributed by atoms with E-state index in [2.05, 4.69) is 21.2 Å². The van der Waals surface area contributed by atoms with Gasteiger partial charge in [0.2, 0.25) is 11.8 Å². The van der Waals surface area contributed by atoms with E-state index in [1.54, 1.807) is 25.1 Å². The molecule has 1 unspecified atom stereocenters. The van der Waals surface area contributed by atoms with Gasteiger partial charge in [-0.3, -0.25) is 13.9 Å². The van der Waals surface area contributed by atoms with E-state index in [1.165, 1.54) is 42.3 Å². The number of anilines is 1. The molecule has 0 aliphatic heterocycles. The third kappa shape index (κ3) is 8.40. The van der Waals surface area contributed by atoms with Gasteiger partial charge in [0.1, 0.15) is 18.3 Å². The molecule has 0 saturated carbocycles. The molecule has 4 aromatic carbocycles. The summed E-state index contributed by atoms with van der Waals surface area (Å²) in [6.45, 7) is 1.67. The summed E-state index contributed by atoms with van der Waals surface area (Å²) in [6.07, 6.45) is 0.233. The van der Waals surface area contributed by atoms with Crippen LogP contribution in [0.2, 0.25) is 5.02 Å². The number of sulfonamides is 1. The zero-order valence-electron chi connectivity index (χ0n) is 24.3. The Labute approximate surface area is 271 Å². The van der Waals surface area contributed by atoms with Gasteiger partial charge in [0.25, 0.3) is 10.0 Å². The topological polar surface area (TPSA) is 96.0 Å². The number of benzene rings is 4. The van der Waals surface area contributed by atoms with Crippen molar-refractivity contribution in [1.29, 1.82) is 0 Å². The summed E-state index contributed by atoms with van der Waals surface area (Å²) in [7, 11) is -2.77. The number of carbonyl (C=O) groups is 2. The molecule has 0 radical (unpaired) electrons. The van der Waals surface area contributed by atoms with Gasteiger partial charge in [-0.15, -0.1) is 0 Å². The Kier molecular flexibility index (Phi) is 11.4. The van der Waals surface area contributed by atoms with Crippen LogP contribution >= 0.6 is 27.5 Å². The Morgan fingerprint density at radius 1 is 0.909 bits per heavy atom. The molecular formula is C33H33BrClN3O5S. The van der Waals surface area contributed by atoms with Gasteiger partial charge in [-0.2, -0.15) is 0 Å². The van der Waals surface area contributed by atoms with E-state index in [0.717, 1.165) is 19.9 Å². The smallest absolute Gasteiger partial charge is 0.264 e. The number of amides is 2. The van der Waals surface area contributed by atoms with Gasteiger partial charge in [-0.25, -0.2) is 8.42 Å². The summed E-state index contributed by atoms with van der Waals surface area (Å²) in [6, 6.07) is 28.1. The monoisotopic (exact) mass is 697 g/mol. The van der Waals surface area contributed by atoms with Crippen LogP contribution in [0.4, 0.5) is 5.69 Å². The van der Waals surface area contributed by atoms with Crippen molar-refractivity contribution >= 4 is 55.1 Å². The average molecular weight is 699 g/mol. The van der Waals surface area contributed by atoms with E-state index < -0.39 is 28.5 Å². The predicted octanol–water partition coefficient (Wildman–Crippen LogP) is 6.08. The summed E-state index contributed by atoms with van der Waals surface area (Å²) in [5.41, 5.74) is 1.84. The quantitative estimate of drug-likeness (QED) is 0.183. The van der Waals surface area contributed by atoms with Crippen molar-refractivity contribution in [1.82, 2.24) is 10.2 Å². The molecule has 0 saturated heterocycles. The molecule has 0 fully saturated rings. The third-order valence-electron chi connectivity index (χ3n) is 6.91. The lowest BCUT2D eigenvalue weighted by Gasteiger charge is -2.34. The molecule has 230 valence electrons. The lowest BCUT2D eigenvalue weighted by Crippen LogP contribution is -2.53. The zero-order chi connectivity index (χ0) is 31.7. The van der Waals surface area contributed by atoms with Crippen LogP contribution < -0.4 is 14.4 Å². The standard InChI is InChI=1S/C33H33BrClN3O5S/c1-3-36-33(40)31(20-24-8-5-4-6-9-24)37(22-25-12-14-26(34)15-13-25)32(39)23-38(28-11-7-10-27(35)21-28)44(41,42)30-18-16-29(43-2)17-19-30/h4-19,21,31H,3,20,22-23H2,1-2H3,(H,36,40). The Balaban J connectivity index is 1.79. The van der Waals surface area contributed by atoms with Crippen LogP contribution in [0.25, 0.3) is 0 Å². The first kappa shape index (κ1) is 33.0. The highest BCUT2D eigenvalue weighted by atomic mass is 79.9. The minimum Gasteiger partial charge on any atom is -0.497 e. The van der Waals surface area contributed by atoms with Crippen LogP contribution in [0.15, 0.2) is 112 Å². The maximum atomic E-state index is 14.4. The van der Waals surface area contributed by atoms with E-state index >= 15 is 0 Å². The molecule has 0 aromatic heterocycles. The highest BCUT2D eigenvalue weighted by Crippen LogP contribution is 2.28. The number of likely N-dealkylation sites (N-methyl/N-ethyl adjacent to an activating group) is 1. The number of ether oxygens (including phenoxy) is 1. The van der Waals surface area contributed by atoms with Gasteiger partial charge in [-0.05, 0) is 72.6 Å². The Morgan fingerprint density at radius 2 is 1.59 bits per heavy atom. The van der Waals surface area contributed by atoms with Gasteiger partial charge >= 0.3 is 0 Å². The molecule has 2 amide bonds. The zero-order valence-corrected chi connectivity index (χ0v) is 27.5. The number of hydrogen-bond donors (Lipinski definition) is 1. The van der Waals surface area contributed by atoms with Gasteiger partial charge in [0.15, 0.2) is 0 Å². The molecule has 0 spiro atoms. The summed E-state index contributed by atoms with van der Waals surface area (Å²) >= 11 is 9.71. The first-order chi connectivity index (χ1) is 21.1. The second kappa shape index (κ2) is 15.2. The molecule has 0 aliphatic rings. The van der Waals surface area contributed by atoms with E-state index in [0.29, 0.717) is 17.3 Å². The fraction of sp³-hybridized carbons (Fsp3) is 0.212. The summed E-state index contributed by atoms with van der Waals surface area (Å²) < 4.78 is 35.2. The second-order valence-electron chi connectivity index (χ2n) is 9.92. The molecule has 44 heavy (non-hydrogen) atoms. The third-order valence-corrected chi connectivity index (χ3v) is 9.46. The second-order valence-corrected chi connectivity index (χ2v) is 13.1. The molecular weight excluding hydrogens is 666 g/mol. The van der Waals surface area contributed by atoms with Crippen LogP contribution in [-0.4, -0.2) is 51.4 Å². The van der Waals surface area contributed by atoms with Gasteiger partial charge in [0, 0.05) is 29.0 Å². The number of halogens is 2. The number of methoxy groups -OCH3 is 1. The average Bonchev–Trinajstić information content (AvgIpc) is 3.02. The molecule has 11 heteroatoms. The van der Waals surface area contributed by atoms with Crippen molar-refractivity contribution in [3.63, 3.8) is 0 Å². The van der Waals surface area contributed by atoms with Crippen LogP contribution in [0.5, 0.6) is 5.75 Å². The van der Waals surface area contributed by atoms with Crippen molar-refractivity contribution in [3.8, 4) is 5.75 Å². The Morgan fingerprint density at radius 3 is 2.20 bits per heavy atom. The van der Waals surface area contributed by atoms with E-state index in [1.807, 2.05) is 54.6 Å². The summed E-state index contributed by atoms with van der Waals surface area (Å²) in [4.78, 5) is 29.3. The lowest BCUT2D eigenvalue weighted by atomic mass is 10.0. The fourth-order valence-corrected chi connectivity index (χ4v) is 6.52. The van der Waals surface area contributed by atoms with E-state index in [4.69, 9.17) is 16.3 Å². The summed E-state index contributed by atoms with van der Waals surface area (Å²) in [5, 5.41) is 3.16. The molecule has 8 nitrogen and oxygen atoms in total. The lowest BCUT2D eigenvalue weighted by molar-refractivity contribution is -0.140. The molecule has 0 heterocycles. The number of carbonyl (C=O) groups excluding carboxylic acids is 2. The van der Waals surface area contributed by atoms with Crippen molar-refractivity contribution in [2.24, 2.45) is 0 Å². The highest BCUT2D eigenvalue weighted by molar-refractivity contribution is 9.10. The first-order valence-corrected chi connectivity index (χ1v) is 16.5. The van der Waals surface area contributed by atoms with Crippen LogP contribution in [0.3, 0.4) is 0 Å². The Hall–Kier alpha value is -3.86. The fourth-order valence-electron chi connectivity index (χ4n) is 4.67. The van der Waals surface area contributed by atoms with E-state index in [9.17, 15) is 18.0 Å². The van der Waals surface area contributed by atoms with Crippen molar-refractivity contribution in [2.45, 2.75) is 30.8 Å². The molecule has 0 aliphatic carbocycles.